The molecule has 1 radical (unpaired) electrons. The average molecular weight is 483 g/mol. The Morgan fingerprint density at radius 1 is 1.11 bits per heavy atom. The summed E-state index contributed by atoms with van der Waals surface area (Å²) in [6.45, 7) is 4.99. The van der Waals surface area contributed by atoms with Crippen LogP contribution in [0.5, 0.6) is 0 Å². The van der Waals surface area contributed by atoms with Gasteiger partial charge >= 0.3 is 0 Å². The van der Waals surface area contributed by atoms with Gasteiger partial charge in [-0.25, -0.2) is 13.2 Å². The molecule has 2 N–H and O–H groups in total. The van der Waals surface area contributed by atoms with Crippen LogP contribution in [0.15, 0.2) is 60.9 Å². The van der Waals surface area contributed by atoms with Crippen LogP contribution in [-0.2, 0) is 16.0 Å². The summed E-state index contributed by atoms with van der Waals surface area (Å²) in [4.78, 5) is 16.9. The summed E-state index contributed by atoms with van der Waals surface area (Å²) in [5.41, 5.74) is 1.51. The van der Waals surface area contributed by atoms with E-state index >= 15 is 0 Å². The summed E-state index contributed by atoms with van der Waals surface area (Å²) in [5, 5.41) is 5.97. The normalized spacial score (nSPS) is 18.7. The van der Waals surface area contributed by atoms with E-state index in [0.29, 0.717) is 42.7 Å². The second-order valence-corrected chi connectivity index (χ2v) is 8.62. The highest BCUT2D eigenvalue weighted by molar-refractivity contribution is 5.92. The van der Waals surface area contributed by atoms with Crippen LogP contribution in [0, 0.1) is 24.4 Å². The molecule has 1 aliphatic rings. The quantitative estimate of drug-likeness (QED) is 0.485. The molecule has 183 valence electrons. The first kappa shape index (κ1) is 24.9. The molecule has 4 rings (SSSR count). The number of rotatable bonds is 8. The second-order valence-electron chi connectivity index (χ2n) is 8.62. The van der Waals surface area contributed by atoms with Crippen molar-refractivity contribution in [3.63, 3.8) is 0 Å². The van der Waals surface area contributed by atoms with E-state index in [2.05, 4.69) is 22.5 Å². The Morgan fingerprint density at radius 2 is 1.89 bits per heavy atom. The predicted octanol–water partition coefficient (Wildman–Crippen LogP) is 4.78. The molecule has 3 aromatic rings. The van der Waals surface area contributed by atoms with E-state index in [1.54, 1.807) is 18.2 Å². The van der Waals surface area contributed by atoms with Crippen molar-refractivity contribution in [3.05, 3.63) is 102 Å². The van der Waals surface area contributed by atoms with Crippen LogP contribution in [0.2, 0.25) is 0 Å². The minimum Gasteiger partial charge on any atom is -0.375 e. The SMILES string of the molecule is [CH2][C@H]1CO[C@H](CCc2c(F)cncc2NC(=O)C[C@@H](c2ccc(F)cc2)c2ccccc2F)CN1. The molecule has 1 aromatic heterocycles. The third-order valence-corrected chi connectivity index (χ3v) is 6.11. The van der Waals surface area contributed by atoms with Gasteiger partial charge in [0.2, 0.25) is 5.91 Å². The van der Waals surface area contributed by atoms with Gasteiger partial charge in [0.05, 0.1) is 30.8 Å². The largest absolute Gasteiger partial charge is 0.375 e. The Hall–Kier alpha value is -3.23. The lowest BCUT2D eigenvalue weighted by atomic mass is 9.88. The lowest BCUT2D eigenvalue weighted by Gasteiger charge is -2.28. The van der Waals surface area contributed by atoms with Gasteiger partial charge in [-0.2, -0.15) is 0 Å². The number of nitrogens with zero attached hydrogens (tertiary/aromatic N) is 1. The van der Waals surface area contributed by atoms with Crippen molar-refractivity contribution in [3.8, 4) is 0 Å². The smallest absolute Gasteiger partial charge is 0.225 e. The van der Waals surface area contributed by atoms with Gasteiger partial charge in [-0.1, -0.05) is 30.3 Å². The second kappa shape index (κ2) is 11.5. The fraction of sp³-hybridized carbons (Fsp3) is 0.296. The first-order valence-corrected chi connectivity index (χ1v) is 11.5. The van der Waals surface area contributed by atoms with Crippen molar-refractivity contribution in [2.75, 3.05) is 18.5 Å². The molecule has 0 bridgehead atoms. The third-order valence-electron chi connectivity index (χ3n) is 6.11. The molecule has 1 aliphatic heterocycles. The minimum absolute atomic E-state index is 0.0299. The summed E-state index contributed by atoms with van der Waals surface area (Å²) in [5.74, 6) is -2.51. The average Bonchev–Trinajstić information content (AvgIpc) is 2.84. The van der Waals surface area contributed by atoms with Crippen LogP contribution in [0.4, 0.5) is 18.9 Å². The fourth-order valence-corrected chi connectivity index (χ4v) is 4.23. The number of benzene rings is 2. The number of nitrogens with one attached hydrogen (secondary N) is 2. The van der Waals surface area contributed by atoms with Crippen LogP contribution in [0.1, 0.15) is 35.4 Å². The number of hydrogen-bond donors (Lipinski definition) is 2. The molecule has 2 heterocycles. The number of halogens is 3. The van der Waals surface area contributed by atoms with E-state index in [1.165, 1.54) is 36.5 Å². The molecule has 1 amide bonds. The zero-order valence-corrected chi connectivity index (χ0v) is 19.1. The molecule has 8 heteroatoms. The standard InChI is InChI=1S/C27H27F3N3O2/c1-17-16-35-20(13-32-17)10-11-22-25(30)14-31-15-26(22)33-27(34)12-23(18-6-8-19(28)9-7-18)21-4-2-3-5-24(21)29/h2-9,14-15,17,20,23,32H,1,10-13,16H2,(H,33,34)/t17-,20+,23-/m0/s1. The lowest BCUT2D eigenvalue weighted by molar-refractivity contribution is -0.116. The van der Waals surface area contributed by atoms with Crippen LogP contribution in [0.25, 0.3) is 0 Å². The number of aromatic nitrogens is 1. The maximum Gasteiger partial charge on any atom is 0.225 e. The topological polar surface area (TPSA) is 63.2 Å². The number of ether oxygens (including phenoxy) is 1. The van der Waals surface area contributed by atoms with Crippen molar-refractivity contribution in [1.82, 2.24) is 10.3 Å². The summed E-state index contributed by atoms with van der Waals surface area (Å²) in [6.07, 6.45) is 3.19. The van der Waals surface area contributed by atoms with E-state index in [1.807, 2.05) is 0 Å². The molecule has 0 saturated carbocycles. The summed E-state index contributed by atoms with van der Waals surface area (Å²) >= 11 is 0. The van der Waals surface area contributed by atoms with Crippen molar-refractivity contribution in [2.24, 2.45) is 0 Å². The molecule has 3 atom stereocenters. The number of carbonyl (C=O) groups excluding carboxylic acids is 1. The summed E-state index contributed by atoms with van der Waals surface area (Å²) in [6, 6.07) is 11.8. The fourth-order valence-electron chi connectivity index (χ4n) is 4.23. The molecule has 1 saturated heterocycles. The highest BCUT2D eigenvalue weighted by Crippen LogP contribution is 2.31. The van der Waals surface area contributed by atoms with Gasteiger partial charge in [0.25, 0.3) is 0 Å². The van der Waals surface area contributed by atoms with Crippen LogP contribution in [-0.4, -0.2) is 36.2 Å². The van der Waals surface area contributed by atoms with Crippen molar-refractivity contribution < 1.29 is 22.7 Å². The van der Waals surface area contributed by atoms with E-state index in [-0.39, 0.29) is 24.3 Å². The molecule has 1 fully saturated rings. The Labute approximate surface area is 202 Å². The van der Waals surface area contributed by atoms with Gasteiger partial charge in [-0.05, 0) is 49.1 Å². The van der Waals surface area contributed by atoms with Gasteiger partial charge in [0.1, 0.15) is 17.5 Å². The molecular weight excluding hydrogens is 455 g/mol. The number of morpholine rings is 1. The molecule has 5 nitrogen and oxygen atoms in total. The zero-order valence-electron chi connectivity index (χ0n) is 19.1. The molecule has 35 heavy (non-hydrogen) atoms. The number of pyridine rings is 1. The monoisotopic (exact) mass is 482 g/mol. The summed E-state index contributed by atoms with van der Waals surface area (Å²) in [7, 11) is 0. The highest BCUT2D eigenvalue weighted by Gasteiger charge is 2.23. The van der Waals surface area contributed by atoms with E-state index in [9.17, 15) is 18.0 Å². The number of amides is 1. The number of hydrogen-bond acceptors (Lipinski definition) is 4. The molecule has 0 aliphatic carbocycles. The van der Waals surface area contributed by atoms with Gasteiger partial charge in [-0.3, -0.25) is 9.78 Å². The first-order chi connectivity index (χ1) is 16.9. The molecule has 0 spiro atoms. The minimum atomic E-state index is -0.654. The van der Waals surface area contributed by atoms with E-state index < -0.39 is 29.3 Å². The van der Waals surface area contributed by atoms with E-state index in [0.717, 1.165) is 6.20 Å². The summed E-state index contributed by atoms with van der Waals surface area (Å²) < 4.78 is 48.5. The van der Waals surface area contributed by atoms with Gasteiger partial charge < -0.3 is 15.4 Å². The maximum atomic E-state index is 14.6. The van der Waals surface area contributed by atoms with Gasteiger partial charge in [0, 0.05) is 30.5 Å². The van der Waals surface area contributed by atoms with Crippen LogP contribution in [0.3, 0.4) is 0 Å². The maximum absolute atomic E-state index is 14.6. The lowest BCUT2D eigenvalue weighted by Crippen LogP contribution is -2.45. The molecular formula is C27H27F3N3O2. The van der Waals surface area contributed by atoms with Crippen molar-refractivity contribution in [1.29, 1.82) is 0 Å². The van der Waals surface area contributed by atoms with E-state index in [4.69, 9.17) is 4.74 Å². The highest BCUT2D eigenvalue weighted by atomic mass is 19.1. The zero-order chi connectivity index (χ0) is 24.8. The Balaban J connectivity index is 1.50. The predicted molar refractivity (Wildman–Crippen MR) is 127 cm³/mol. The van der Waals surface area contributed by atoms with Crippen LogP contribution < -0.4 is 10.6 Å². The number of anilines is 1. The van der Waals surface area contributed by atoms with Gasteiger partial charge in [0.15, 0.2) is 0 Å². The van der Waals surface area contributed by atoms with Crippen LogP contribution >= 0.6 is 0 Å². The van der Waals surface area contributed by atoms with Gasteiger partial charge in [-0.15, -0.1) is 0 Å². The first-order valence-electron chi connectivity index (χ1n) is 11.5. The molecule has 2 aromatic carbocycles. The Kier molecular flexibility index (Phi) is 8.15. The Bertz CT molecular complexity index is 1150. The van der Waals surface area contributed by atoms with Crippen molar-refractivity contribution in [2.45, 2.75) is 37.3 Å². The molecule has 0 unspecified atom stereocenters. The Morgan fingerprint density at radius 3 is 2.60 bits per heavy atom. The third kappa shape index (κ3) is 6.46. The number of carbonyl (C=O) groups is 1. The van der Waals surface area contributed by atoms with Crippen molar-refractivity contribution >= 4 is 11.6 Å².